The molecule has 0 radical (unpaired) electrons. The number of thioether (sulfide) groups is 1. The van der Waals surface area contributed by atoms with Crippen LogP contribution >= 0.6 is 34.4 Å². The number of carbonyl (C=O) groups is 1. The fraction of sp³-hybridized carbons (Fsp3) is 0.182. The van der Waals surface area contributed by atoms with Crippen LogP contribution in [0, 0.1) is 0 Å². The summed E-state index contributed by atoms with van der Waals surface area (Å²) in [5.74, 6) is 0.582. The Hall–Kier alpha value is -0.780. The van der Waals surface area contributed by atoms with E-state index in [1.54, 1.807) is 34.4 Å². The van der Waals surface area contributed by atoms with Gasteiger partial charge in [-0.2, -0.15) is 0 Å². The summed E-state index contributed by atoms with van der Waals surface area (Å²) in [5, 5.41) is 6.94. The Morgan fingerprint density at radius 2 is 2.06 bits per heavy atom. The highest BCUT2D eigenvalue weighted by molar-refractivity contribution is 8.01. The van der Waals surface area contributed by atoms with Crippen molar-refractivity contribution in [3.8, 4) is 0 Å². The maximum atomic E-state index is 11.5. The van der Waals surface area contributed by atoms with Crippen LogP contribution in [0.25, 0.3) is 0 Å². The second kappa shape index (κ2) is 6.08. The predicted octanol–water partition coefficient (Wildman–Crippen LogP) is 3.22. The number of nitrogens with one attached hydrogen (secondary N) is 1. The second-order valence-electron chi connectivity index (χ2n) is 3.08. The fourth-order valence-electron chi connectivity index (χ4n) is 1.13. The zero-order valence-electron chi connectivity index (χ0n) is 8.51. The smallest absolute Gasteiger partial charge is 0.230 e. The van der Waals surface area contributed by atoms with Gasteiger partial charge in [0, 0.05) is 4.88 Å². The van der Waals surface area contributed by atoms with Gasteiger partial charge >= 0.3 is 0 Å². The zero-order valence-corrected chi connectivity index (χ0v) is 11.0. The van der Waals surface area contributed by atoms with E-state index in [-0.39, 0.29) is 5.91 Å². The van der Waals surface area contributed by atoms with Crippen molar-refractivity contribution >= 4 is 40.3 Å². The van der Waals surface area contributed by atoms with E-state index in [0.717, 1.165) is 0 Å². The molecule has 0 unspecified atom stereocenters. The lowest BCUT2D eigenvalue weighted by Gasteiger charge is -2.02. The Bertz CT molecular complexity index is 382. The maximum Gasteiger partial charge on any atom is 0.230 e. The van der Waals surface area contributed by atoms with E-state index < -0.39 is 0 Å². The molecule has 0 aromatic carbocycles. The van der Waals surface area contributed by atoms with E-state index in [4.69, 9.17) is 0 Å². The first kappa shape index (κ1) is 11.7. The summed E-state index contributed by atoms with van der Waals surface area (Å²) in [4.78, 5) is 12.7. The molecule has 0 aliphatic rings. The average molecular weight is 269 g/mol. The molecule has 2 aromatic rings. The van der Waals surface area contributed by atoms with Gasteiger partial charge < -0.3 is 5.32 Å². The van der Waals surface area contributed by atoms with Gasteiger partial charge in [0.25, 0.3) is 0 Å². The quantitative estimate of drug-likeness (QED) is 0.844. The van der Waals surface area contributed by atoms with Crippen molar-refractivity contribution in [1.29, 1.82) is 0 Å². The Morgan fingerprint density at radius 1 is 1.25 bits per heavy atom. The van der Waals surface area contributed by atoms with E-state index in [1.807, 2.05) is 35.0 Å². The third-order valence-corrected chi connectivity index (χ3v) is 4.89. The predicted molar refractivity (Wildman–Crippen MR) is 71.2 cm³/mol. The molecule has 84 valence electrons. The molecule has 1 N–H and O–H groups in total. The van der Waals surface area contributed by atoms with Gasteiger partial charge in [0.1, 0.15) is 0 Å². The Balaban J connectivity index is 1.69. The van der Waals surface area contributed by atoms with Crippen LogP contribution in [0.3, 0.4) is 0 Å². The van der Waals surface area contributed by atoms with Crippen LogP contribution in [0.4, 0.5) is 0 Å². The molecule has 0 aliphatic carbocycles. The first-order valence-electron chi connectivity index (χ1n) is 4.80. The molecule has 0 bridgehead atoms. The molecule has 0 saturated carbocycles. The molecule has 2 aromatic heterocycles. The molecule has 0 fully saturated rings. The monoisotopic (exact) mass is 269 g/mol. The molecule has 2 heterocycles. The third-order valence-electron chi connectivity index (χ3n) is 1.88. The molecular formula is C11H11NOS3. The van der Waals surface area contributed by atoms with Gasteiger partial charge in [-0.3, -0.25) is 4.79 Å². The zero-order chi connectivity index (χ0) is 11.2. The maximum absolute atomic E-state index is 11.5. The molecular weight excluding hydrogens is 258 g/mol. The van der Waals surface area contributed by atoms with E-state index in [0.29, 0.717) is 12.3 Å². The molecule has 1 amide bonds. The summed E-state index contributed by atoms with van der Waals surface area (Å²) < 4.78 is 1.19. The highest BCUT2D eigenvalue weighted by Gasteiger charge is 2.03. The van der Waals surface area contributed by atoms with E-state index in [9.17, 15) is 4.79 Å². The summed E-state index contributed by atoms with van der Waals surface area (Å²) in [6, 6.07) is 8.04. The summed E-state index contributed by atoms with van der Waals surface area (Å²) in [6.07, 6.45) is 0. The SMILES string of the molecule is O=C(CSc1cccs1)NCc1cccs1. The molecule has 16 heavy (non-hydrogen) atoms. The minimum Gasteiger partial charge on any atom is -0.350 e. The first-order valence-corrected chi connectivity index (χ1v) is 7.54. The standard InChI is InChI=1S/C11H11NOS3/c13-10(8-16-11-4-2-6-15-11)12-7-9-3-1-5-14-9/h1-6H,7-8H2,(H,12,13). The number of thiophene rings is 2. The van der Waals surface area contributed by atoms with Crippen molar-refractivity contribution in [2.24, 2.45) is 0 Å². The molecule has 0 spiro atoms. The number of hydrogen-bond acceptors (Lipinski definition) is 4. The van der Waals surface area contributed by atoms with Gasteiger partial charge in [0.15, 0.2) is 0 Å². The van der Waals surface area contributed by atoms with Gasteiger partial charge in [-0.1, -0.05) is 12.1 Å². The number of rotatable bonds is 5. The molecule has 2 rings (SSSR count). The molecule has 5 heteroatoms. The molecule has 0 aliphatic heterocycles. The van der Waals surface area contributed by atoms with Crippen LogP contribution in [-0.4, -0.2) is 11.7 Å². The average Bonchev–Trinajstić information content (AvgIpc) is 2.96. The van der Waals surface area contributed by atoms with Gasteiger partial charge in [0.2, 0.25) is 5.91 Å². The fourth-order valence-corrected chi connectivity index (χ4v) is 3.39. The Labute approximate surface area is 107 Å². The van der Waals surface area contributed by atoms with Crippen molar-refractivity contribution in [1.82, 2.24) is 5.32 Å². The molecule has 2 nitrogen and oxygen atoms in total. The van der Waals surface area contributed by atoms with Crippen molar-refractivity contribution in [3.63, 3.8) is 0 Å². The van der Waals surface area contributed by atoms with Crippen molar-refractivity contribution in [3.05, 3.63) is 39.9 Å². The van der Waals surface area contributed by atoms with E-state index in [2.05, 4.69) is 5.32 Å². The number of hydrogen-bond donors (Lipinski definition) is 1. The van der Waals surface area contributed by atoms with Crippen molar-refractivity contribution in [2.75, 3.05) is 5.75 Å². The normalized spacial score (nSPS) is 10.2. The van der Waals surface area contributed by atoms with E-state index in [1.165, 1.54) is 9.09 Å². The number of amides is 1. The van der Waals surface area contributed by atoms with Crippen LogP contribution in [0.5, 0.6) is 0 Å². The minimum atomic E-state index is 0.0896. The van der Waals surface area contributed by atoms with Crippen LogP contribution in [0.1, 0.15) is 4.88 Å². The topological polar surface area (TPSA) is 29.1 Å². The largest absolute Gasteiger partial charge is 0.350 e. The van der Waals surface area contributed by atoms with Gasteiger partial charge in [-0.15, -0.1) is 34.4 Å². The lowest BCUT2D eigenvalue weighted by Crippen LogP contribution is -2.23. The summed E-state index contributed by atoms with van der Waals surface area (Å²) in [7, 11) is 0. The lowest BCUT2D eigenvalue weighted by molar-refractivity contribution is -0.118. The summed E-state index contributed by atoms with van der Waals surface area (Å²) in [6.45, 7) is 0.640. The lowest BCUT2D eigenvalue weighted by atomic mass is 10.4. The van der Waals surface area contributed by atoms with Crippen molar-refractivity contribution in [2.45, 2.75) is 10.8 Å². The van der Waals surface area contributed by atoms with Gasteiger partial charge in [0.05, 0.1) is 16.5 Å². The third kappa shape index (κ3) is 3.66. The first-order chi connectivity index (χ1) is 7.84. The van der Waals surface area contributed by atoms with Crippen LogP contribution in [0.2, 0.25) is 0 Å². The number of carbonyl (C=O) groups excluding carboxylic acids is 1. The minimum absolute atomic E-state index is 0.0896. The second-order valence-corrected chi connectivity index (χ2v) is 6.33. The van der Waals surface area contributed by atoms with Crippen LogP contribution < -0.4 is 5.32 Å². The van der Waals surface area contributed by atoms with Crippen molar-refractivity contribution < 1.29 is 4.79 Å². The van der Waals surface area contributed by atoms with E-state index >= 15 is 0 Å². The molecule has 0 saturated heterocycles. The molecule has 0 atom stereocenters. The Morgan fingerprint density at radius 3 is 2.75 bits per heavy atom. The Kier molecular flexibility index (Phi) is 4.44. The van der Waals surface area contributed by atoms with Gasteiger partial charge in [-0.25, -0.2) is 0 Å². The highest BCUT2D eigenvalue weighted by Crippen LogP contribution is 2.22. The summed E-state index contributed by atoms with van der Waals surface area (Å²) >= 11 is 4.91. The highest BCUT2D eigenvalue weighted by atomic mass is 32.2. The van der Waals surface area contributed by atoms with Crippen LogP contribution in [0.15, 0.2) is 39.2 Å². The van der Waals surface area contributed by atoms with Crippen LogP contribution in [-0.2, 0) is 11.3 Å². The summed E-state index contributed by atoms with van der Waals surface area (Å²) in [5.41, 5.74) is 0. The van der Waals surface area contributed by atoms with Gasteiger partial charge in [-0.05, 0) is 22.9 Å².